The molecule has 2 rings (SSSR count). The van der Waals surface area contributed by atoms with Crippen LogP contribution in [0.3, 0.4) is 0 Å². The van der Waals surface area contributed by atoms with Gasteiger partial charge in [0.25, 0.3) is 0 Å². The number of nitrogens with zero attached hydrogens (tertiary/aromatic N) is 2. The summed E-state index contributed by atoms with van der Waals surface area (Å²) in [6, 6.07) is 1.13. The highest BCUT2D eigenvalue weighted by Crippen LogP contribution is 2.20. The van der Waals surface area contributed by atoms with E-state index in [-0.39, 0.29) is 5.91 Å². The van der Waals surface area contributed by atoms with Crippen LogP contribution in [0.4, 0.5) is 0 Å². The van der Waals surface area contributed by atoms with Crippen molar-refractivity contribution in [3.63, 3.8) is 0 Å². The molecule has 0 aromatic carbocycles. The number of carbonyl (C=O) groups excluding carboxylic acids is 1. The van der Waals surface area contributed by atoms with Gasteiger partial charge in [0.05, 0.1) is 0 Å². The van der Waals surface area contributed by atoms with Crippen LogP contribution in [0.5, 0.6) is 0 Å². The molecule has 0 saturated carbocycles. The van der Waals surface area contributed by atoms with Crippen LogP contribution in [0.2, 0.25) is 0 Å². The summed E-state index contributed by atoms with van der Waals surface area (Å²) in [5.41, 5.74) is 5.96. The van der Waals surface area contributed by atoms with E-state index in [1.807, 2.05) is 0 Å². The molecule has 0 spiro atoms. The Hall–Kier alpha value is -0.650. The third kappa shape index (κ3) is 4.44. The maximum atomic E-state index is 11.2. The number of nitrogens with one attached hydrogen (secondary N) is 1. The molecular formula is C14H28N4O. The lowest BCUT2D eigenvalue weighted by Crippen LogP contribution is -2.46. The zero-order chi connectivity index (χ0) is 13.7. The highest BCUT2D eigenvalue weighted by atomic mass is 16.1. The fraction of sp³-hybridized carbons (Fsp3) is 0.929. The molecule has 2 fully saturated rings. The van der Waals surface area contributed by atoms with Gasteiger partial charge in [-0.15, -0.1) is 0 Å². The van der Waals surface area contributed by atoms with Crippen LogP contribution in [-0.4, -0.2) is 67.6 Å². The van der Waals surface area contributed by atoms with Crippen molar-refractivity contribution in [1.82, 2.24) is 15.1 Å². The van der Waals surface area contributed by atoms with E-state index in [1.165, 1.54) is 19.5 Å². The van der Waals surface area contributed by atoms with E-state index in [0.29, 0.717) is 18.5 Å². The van der Waals surface area contributed by atoms with Crippen LogP contribution in [0.15, 0.2) is 0 Å². The second-order valence-electron chi connectivity index (χ2n) is 5.89. The minimum absolute atomic E-state index is 0.153. The third-order valence-electron chi connectivity index (χ3n) is 4.50. The van der Waals surface area contributed by atoms with Gasteiger partial charge in [-0.05, 0) is 51.9 Å². The van der Waals surface area contributed by atoms with E-state index < -0.39 is 0 Å². The number of carbonyl (C=O) groups is 1. The number of likely N-dealkylation sites (tertiary alicyclic amines) is 2. The van der Waals surface area contributed by atoms with Crippen LogP contribution < -0.4 is 11.1 Å². The smallest absolute Gasteiger partial charge is 0.219 e. The molecule has 2 aliphatic rings. The third-order valence-corrected chi connectivity index (χ3v) is 4.50. The Kier molecular flexibility index (Phi) is 5.60. The summed E-state index contributed by atoms with van der Waals surface area (Å²) >= 11 is 0. The van der Waals surface area contributed by atoms with E-state index in [2.05, 4.69) is 15.1 Å². The van der Waals surface area contributed by atoms with Crippen molar-refractivity contribution in [3.05, 3.63) is 0 Å². The lowest BCUT2D eigenvalue weighted by Gasteiger charge is -2.34. The monoisotopic (exact) mass is 268 g/mol. The van der Waals surface area contributed by atoms with Crippen molar-refractivity contribution < 1.29 is 4.79 Å². The Bertz CT molecular complexity index is 289. The molecule has 1 amide bonds. The van der Waals surface area contributed by atoms with Gasteiger partial charge in [-0.2, -0.15) is 0 Å². The predicted molar refractivity (Wildman–Crippen MR) is 76.9 cm³/mol. The molecule has 0 aromatic rings. The molecule has 5 nitrogen and oxygen atoms in total. The van der Waals surface area contributed by atoms with Gasteiger partial charge in [0, 0.05) is 32.1 Å². The number of hydrogen-bond acceptors (Lipinski definition) is 4. The molecule has 3 N–H and O–H groups in total. The normalized spacial score (nSPS) is 26.7. The Morgan fingerprint density at radius 1 is 1.26 bits per heavy atom. The van der Waals surface area contributed by atoms with Gasteiger partial charge in [-0.25, -0.2) is 0 Å². The molecule has 19 heavy (non-hydrogen) atoms. The average molecular weight is 268 g/mol. The molecule has 0 aromatic heterocycles. The summed E-state index contributed by atoms with van der Waals surface area (Å²) in [5, 5.41) is 2.68. The van der Waals surface area contributed by atoms with Gasteiger partial charge in [0.15, 0.2) is 0 Å². The van der Waals surface area contributed by atoms with Gasteiger partial charge in [0.1, 0.15) is 0 Å². The number of amides is 1. The molecule has 0 bridgehead atoms. The minimum atomic E-state index is 0.153. The Morgan fingerprint density at radius 3 is 2.68 bits per heavy atom. The van der Waals surface area contributed by atoms with Crippen LogP contribution in [0, 0.1) is 0 Å². The van der Waals surface area contributed by atoms with Gasteiger partial charge in [-0.1, -0.05) is 0 Å². The van der Waals surface area contributed by atoms with Crippen LogP contribution in [0.1, 0.15) is 32.1 Å². The maximum absolute atomic E-state index is 11.2. The Balaban J connectivity index is 1.64. The van der Waals surface area contributed by atoms with E-state index in [1.54, 1.807) is 7.05 Å². The highest BCUT2D eigenvalue weighted by Gasteiger charge is 2.29. The largest absolute Gasteiger partial charge is 0.359 e. The van der Waals surface area contributed by atoms with Crippen molar-refractivity contribution in [2.24, 2.45) is 5.73 Å². The number of rotatable bonds is 5. The summed E-state index contributed by atoms with van der Waals surface area (Å²) in [5.74, 6) is 0.153. The first-order chi connectivity index (χ1) is 9.19. The highest BCUT2D eigenvalue weighted by molar-refractivity contribution is 5.75. The van der Waals surface area contributed by atoms with Gasteiger partial charge in [-0.3, -0.25) is 9.69 Å². The van der Waals surface area contributed by atoms with E-state index >= 15 is 0 Å². The Labute approximate surface area is 116 Å². The van der Waals surface area contributed by atoms with E-state index in [4.69, 9.17) is 5.73 Å². The molecule has 1 unspecified atom stereocenters. The first-order valence-corrected chi connectivity index (χ1v) is 7.61. The van der Waals surface area contributed by atoms with Gasteiger partial charge in [0.2, 0.25) is 5.91 Å². The summed E-state index contributed by atoms with van der Waals surface area (Å²) in [6.45, 7) is 5.73. The molecule has 1 atom stereocenters. The van der Waals surface area contributed by atoms with Crippen molar-refractivity contribution in [1.29, 1.82) is 0 Å². The molecule has 2 aliphatic heterocycles. The molecule has 110 valence electrons. The SMILES string of the molecule is CNC(=O)CCCN1CCC(N2CCC(N)CC2)C1. The van der Waals surface area contributed by atoms with Crippen molar-refractivity contribution in [2.75, 3.05) is 39.8 Å². The topological polar surface area (TPSA) is 61.6 Å². The molecule has 2 saturated heterocycles. The zero-order valence-corrected chi connectivity index (χ0v) is 12.1. The first kappa shape index (κ1) is 14.8. The fourth-order valence-corrected chi connectivity index (χ4v) is 3.19. The second-order valence-corrected chi connectivity index (χ2v) is 5.89. The number of hydrogen-bond donors (Lipinski definition) is 2. The summed E-state index contributed by atoms with van der Waals surface area (Å²) in [7, 11) is 1.70. The van der Waals surface area contributed by atoms with Crippen LogP contribution in [-0.2, 0) is 4.79 Å². The van der Waals surface area contributed by atoms with Crippen LogP contribution >= 0.6 is 0 Å². The molecule has 0 radical (unpaired) electrons. The molecular weight excluding hydrogens is 240 g/mol. The van der Waals surface area contributed by atoms with Gasteiger partial charge < -0.3 is 16.0 Å². The lowest BCUT2D eigenvalue weighted by molar-refractivity contribution is -0.120. The van der Waals surface area contributed by atoms with Crippen molar-refractivity contribution in [2.45, 2.75) is 44.2 Å². The Morgan fingerprint density at radius 2 is 2.00 bits per heavy atom. The summed E-state index contributed by atoms with van der Waals surface area (Å²) in [4.78, 5) is 16.3. The minimum Gasteiger partial charge on any atom is -0.359 e. The predicted octanol–water partition coefficient (Wildman–Crippen LogP) is 0.0100. The lowest BCUT2D eigenvalue weighted by atomic mass is 10.0. The number of nitrogens with two attached hydrogens (primary N) is 1. The van der Waals surface area contributed by atoms with E-state index in [0.717, 1.165) is 38.9 Å². The molecule has 5 heteroatoms. The molecule has 0 aliphatic carbocycles. The maximum Gasteiger partial charge on any atom is 0.219 e. The summed E-state index contributed by atoms with van der Waals surface area (Å²) in [6.07, 6.45) is 5.18. The average Bonchev–Trinajstić information content (AvgIpc) is 2.88. The standard InChI is InChI=1S/C14H28N4O/c1-16-14(19)3-2-7-17-8-6-13(11-17)18-9-4-12(15)5-10-18/h12-13H,2-11,15H2,1H3,(H,16,19). The quantitative estimate of drug-likeness (QED) is 0.737. The first-order valence-electron chi connectivity index (χ1n) is 7.61. The van der Waals surface area contributed by atoms with Gasteiger partial charge >= 0.3 is 0 Å². The zero-order valence-electron chi connectivity index (χ0n) is 12.1. The second kappa shape index (κ2) is 7.22. The van der Waals surface area contributed by atoms with Crippen molar-refractivity contribution in [3.8, 4) is 0 Å². The fourth-order valence-electron chi connectivity index (χ4n) is 3.19. The van der Waals surface area contributed by atoms with Crippen molar-refractivity contribution >= 4 is 5.91 Å². The molecule has 2 heterocycles. The summed E-state index contributed by atoms with van der Waals surface area (Å²) < 4.78 is 0. The van der Waals surface area contributed by atoms with Crippen LogP contribution in [0.25, 0.3) is 0 Å². The van der Waals surface area contributed by atoms with E-state index in [9.17, 15) is 4.79 Å². The number of piperidine rings is 1.